The lowest BCUT2D eigenvalue weighted by atomic mass is 9.75. The highest BCUT2D eigenvalue weighted by Gasteiger charge is 2.40. The van der Waals surface area contributed by atoms with E-state index >= 15 is 0 Å². The average Bonchev–Trinajstić information content (AvgIpc) is 2.63. The van der Waals surface area contributed by atoms with E-state index in [2.05, 4.69) is 17.6 Å². The largest absolute Gasteiger partial charge is 0.354 e. The average molecular weight is 253 g/mol. The zero-order chi connectivity index (χ0) is 13.0. The van der Waals surface area contributed by atoms with Gasteiger partial charge in [-0.05, 0) is 38.8 Å². The van der Waals surface area contributed by atoms with E-state index in [-0.39, 0.29) is 23.8 Å². The molecule has 5 nitrogen and oxygen atoms in total. The quantitative estimate of drug-likeness (QED) is 0.734. The molecule has 0 aromatic heterocycles. The van der Waals surface area contributed by atoms with E-state index in [9.17, 15) is 9.59 Å². The number of carbonyl (C=O) groups is 2. The van der Waals surface area contributed by atoms with Gasteiger partial charge in [-0.2, -0.15) is 0 Å². The van der Waals surface area contributed by atoms with E-state index in [1.165, 1.54) is 0 Å². The Morgan fingerprint density at radius 2 is 2.06 bits per heavy atom. The van der Waals surface area contributed by atoms with Crippen LogP contribution in [0.3, 0.4) is 0 Å². The number of nitrogens with one attached hydrogen (secondary N) is 2. The van der Waals surface area contributed by atoms with Gasteiger partial charge >= 0.3 is 0 Å². The zero-order valence-electron chi connectivity index (χ0n) is 11.1. The van der Waals surface area contributed by atoms with Crippen LogP contribution in [-0.4, -0.2) is 49.4 Å². The highest BCUT2D eigenvalue weighted by molar-refractivity contribution is 5.88. The summed E-state index contributed by atoms with van der Waals surface area (Å²) in [6.07, 6.45) is 3.50. The Bertz CT molecular complexity index is 324. The molecule has 0 bridgehead atoms. The minimum atomic E-state index is -0.240. The monoisotopic (exact) mass is 253 g/mol. The Hall–Kier alpha value is -1.10. The van der Waals surface area contributed by atoms with Crippen LogP contribution in [0.1, 0.15) is 32.6 Å². The maximum Gasteiger partial charge on any atom is 0.239 e. The fraction of sp³-hybridized carbons (Fsp3) is 0.846. The number of piperidine rings is 1. The smallest absolute Gasteiger partial charge is 0.239 e. The Balaban J connectivity index is 2.09. The molecule has 18 heavy (non-hydrogen) atoms. The summed E-state index contributed by atoms with van der Waals surface area (Å²) in [6.45, 7) is 5.50. The van der Waals surface area contributed by atoms with Crippen molar-refractivity contribution in [3.8, 4) is 0 Å². The third-order valence-corrected chi connectivity index (χ3v) is 4.24. The molecule has 2 saturated heterocycles. The number of carbonyl (C=O) groups excluding carboxylic acids is 2. The van der Waals surface area contributed by atoms with Gasteiger partial charge in [-0.25, -0.2) is 0 Å². The first kappa shape index (κ1) is 13.3. The molecule has 102 valence electrons. The lowest BCUT2D eigenvalue weighted by molar-refractivity contribution is -0.146. The molecule has 5 heteroatoms. The third kappa shape index (κ3) is 2.66. The summed E-state index contributed by atoms with van der Waals surface area (Å²) in [5.41, 5.74) is -0.240. The van der Waals surface area contributed by atoms with Crippen LogP contribution in [0.4, 0.5) is 0 Å². The van der Waals surface area contributed by atoms with Gasteiger partial charge in [0.05, 0.1) is 12.0 Å². The molecule has 0 saturated carbocycles. The minimum Gasteiger partial charge on any atom is -0.354 e. The van der Waals surface area contributed by atoms with Gasteiger partial charge in [-0.3, -0.25) is 9.59 Å². The van der Waals surface area contributed by atoms with Crippen molar-refractivity contribution < 1.29 is 9.59 Å². The predicted molar refractivity (Wildman–Crippen MR) is 69.0 cm³/mol. The summed E-state index contributed by atoms with van der Waals surface area (Å²) < 4.78 is 0. The number of rotatable bonds is 2. The highest BCUT2D eigenvalue weighted by Crippen LogP contribution is 2.34. The van der Waals surface area contributed by atoms with Crippen LogP contribution in [0.5, 0.6) is 0 Å². The first-order valence-corrected chi connectivity index (χ1v) is 6.95. The van der Waals surface area contributed by atoms with Crippen molar-refractivity contribution in [3.63, 3.8) is 0 Å². The number of amides is 2. The summed E-state index contributed by atoms with van der Waals surface area (Å²) in [4.78, 5) is 26.0. The second-order valence-corrected chi connectivity index (χ2v) is 5.31. The lowest BCUT2D eigenvalue weighted by Gasteiger charge is -2.39. The summed E-state index contributed by atoms with van der Waals surface area (Å²) >= 11 is 0. The molecule has 0 aliphatic carbocycles. The van der Waals surface area contributed by atoms with Crippen LogP contribution < -0.4 is 10.6 Å². The maximum absolute atomic E-state index is 12.7. The molecule has 2 fully saturated rings. The van der Waals surface area contributed by atoms with Gasteiger partial charge in [0, 0.05) is 13.1 Å². The van der Waals surface area contributed by atoms with Gasteiger partial charge < -0.3 is 15.5 Å². The van der Waals surface area contributed by atoms with Gasteiger partial charge in [-0.15, -0.1) is 0 Å². The topological polar surface area (TPSA) is 61.4 Å². The molecule has 0 aromatic rings. The molecule has 2 amide bonds. The molecule has 0 unspecified atom stereocenters. The second kappa shape index (κ2) is 5.69. The highest BCUT2D eigenvalue weighted by atomic mass is 16.2. The number of hydrogen-bond acceptors (Lipinski definition) is 3. The van der Waals surface area contributed by atoms with E-state index in [1.54, 1.807) is 4.90 Å². The summed E-state index contributed by atoms with van der Waals surface area (Å²) in [6, 6.07) is 0. The van der Waals surface area contributed by atoms with Crippen LogP contribution in [0, 0.1) is 5.41 Å². The zero-order valence-corrected chi connectivity index (χ0v) is 11.1. The van der Waals surface area contributed by atoms with Gasteiger partial charge in [0.1, 0.15) is 0 Å². The van der Waals surface area contributed by atoms with Gasteiger partial charge in [0.2, 0.25) is 11.8 Å². The molecule has 0 radical (unpaired) electrons. The van der Waals surface area contributed by atoms with Crippen molar-refractivity contribution in [3.05, 3.63) is 0 Å². The van der Waals surface area contributed by atoms with E-state index in [0.29, 0.717) is 13.1 Å². The summed E-state index contributed by atoms with van der Waals surface area (Å²) in [5, 5.41) is 6.12. The van der Waals surface area contributed by atoms with Crippen LogP contribution in [0.25, 0.3) is 0 Å². The van der Waals surface area contributed by atoms with Crippen molar-refractivity contribution in [1.82, 2.24) is 15.5 Å². The van der Waals surface area contributed by atoms with Crippen LogP contribution in [-0.2, 0) is 9.59 Å². The first-order chi connectivity index (χ1) is 8.68. The Kier molecular flexibility index (Phi) is 4.22. The van der Waals surface area contributed by atoms with Gasteiger partial charge in [-0.1, -0.05) is 6.92 Å². The first-order valence-electron chi connectivity index (χ1n) is 6.95. The second-order valence-electron chi connectivity index (χ2n) is 5.31. The molecule has 2 N–H and O–H groups in total. The molecular weight excluding hydrogens is 230 g/mol. The van der Waals surface area contributed by atoms with Gasteiger partial charge in [0.25, 0.3) is 0 Å². The van der Waals surface area contributed by atoms with Crippen LogP contribution in [0.15, 0.2) is 0 Å². The number of hydrogen-bond donors (Lipinski definition) is 2. The van der Waals surface area contributed by atoms with E-state index in [0.717, 1.165) is 38.8 Å². The molecular formula is C13H23N3O2. The molecule has 0 aromatic carbocycles. The van der Waals surface area contributed by atoms with Crippen molar-refractivity contribution in [2.24, 2.45) is 5.41 Å². The summed E-state index contributed by atoms with van der Waals surface area (Å²) in [7, 11) is 0. The van der Waals surface area contributed by atoms with Crippen LogP contribution in [0.2, 0.25) is 0 Å². The van der Waals surface area contributed by atoms with Crippen molar-refractivity contribution in [2.45, 2.75) is 32.6 Å². The fourth-order valence-corrected chi connectivity index (χ4v) is 2.94. The molecule has 0 spiro atoms. The van der Waals surface area contributed by atoms with Gasteiger partial charge in [0.15, 0.2) is 0 Å². The van der Waals surface area contributed by atoms with E-state index in [1.807, 2.05) is 0 Å². The van der Waals surface area contributed by atoms with E-state index < -0.39 is 0 Å². The van der Waals surface area contributed by atoms with Crippen molar-refractivity contribution in [1.29, 1.82) is 0 Å². The lowest BCUT2D eigenvalue weighted by Crippen LogP contribution is -2.50. The summed E-state index contributed by atoms with van der Waals surface area (Å²) in [5.74, 6) is 0.157. The normalized spacial score (nSPS) is 24.3. The third-order valence-electron chi connectivity index (χ3n) is 4.24. The van der Waals surface area contributed by atoms with E-state index in [4.69, 9.17) is 0 Å². The molecule has 2 rings (SSSR count). The molecule has 0 atom stereocenters. The Labute approximate surface area is 108 Å². The maximum atomic E-state index is 12.7. The Morgan fingerprint density at radius 1 is 1.33 bits per heavy atom. The number of nitrogens with zero attached hydrogens (tertiary/aromatic N) is 1. The van der Waals surface area contributed by atoms with Crippen molar-refractivity contribution in [2.75, 3.05) is 32.7 Å². The standard InChI is InChI=1S/C13H23N3O2/c1-2-13(4-7-14-8-5-13)12(18)16-9-3-6-15-11(17)10-16/h14H,2-10H2,1H3,(H,15,17). The fourth-order valence-electron chi connectivity index (χ4n) is 2.94. The van der Waals surface area contributed by atoms with Crippen molar-refractivity contribution >= 4 is 11.8 Å². The molecule has 2 heterocycles. The SMILES string of the molecule is CCC1(C(=O)N2CCCNC(=O)C2)CCNCC1. The predicted octanol–water partition coefficient (Wildman–Crippen LogP) is 0.115. The Morgan fingerprint density at radius 3 is 2.72 bits per heavy atom. The minimum absolute atomic E-state index is 0.0268. The molecule has 2 aliphatic rings. The van der Waals surface area contributed by atoms with Crippen LogP contribution >= 0.6 is 0 Å². The molecule has 2 aliphatic heterocycles.